The molecule has 0 spiro atoms. The zero-order valence-corrected chi connectivity index (χ0v) is 12.2. The van der Waals surface area contributed by atoms with Crippen LogP contribution >= 0.6 is 0 Å². The number of hydrogen-bond acceptors (Lipinski definition) is 4. The Bertz CT molecular complexity index is 580. The monoisotopic (exact) mass is 259 g/mol. The summed E-state index contributed by atoms with van der Waals surface area (Å²) in [5.74, 6) is 0.783. The van der Waals surface area contributed by atoms with Crippen LogP contribution in [-0.2, 0) is 0 Å². The van der Waals surface area contributed by atoms with Crippen LogP contribution in [0.25, 0.3) is 11.4 Å². The van der Waals surface area contributed by atoms with Crippen molar-refractivity contribution in [1.29, 1.82) is 0 Å². The minimum absolute atomic E-state index is 0.0903. The molecule has 1 aromatic carbocycles. The molecular weight excluding hydrogens is 238 g/mol. The van der Waals surface area contributed by atoms with E-state index in [0.29, 0.717) is 0 Å². The van der Waals surface area contributed by atoms with Gasteiger partial charge >= 0.3 is 0 Å². The summed E-state index contributed by atoms with van der Waals surface area (Å²) in [6.07, 6.45) is 0. The fourth-order valence-corrected chi connectivity index (χ4v) is 1.83. The molecule has 1 atom stereocenters. The van der Waals surface area contributed by atoms with Crippen molar-refractivity contribution in [2.24, 2.45) is 5.41 Å². The van der Waals surface area contributed by atoms with Crippen LogP contribution in [0.5, 0.6) is 0 Å². The van der Waals surface area contributed by atoms with Crippen molar-refractivity contribution in [3.63, 3.8) is 0 Å². The molecule has 0 aliphatic heterocycles. The number of nitrogens with two attached hydrogens (primary N) is 1. The van der Waals surface area contributed by atoms with Gasteiger partial charge in [-0.15, -0.1) is 5.10 Å². The van der Waals surface area contributed by atoms with Gasteiger partial charge in [-0.1, -0.05) is 20.8 Å². The Kier molecular flexibility index (Phi) is 3.30. The van der Waals surface area contributed by atoms with Gasteiger partial charge in [-0.3, -0.25) is 0 Å². The molecule has 1 heterocycles. The van der Waals surface area contributed by atoms with E-state index >= 15 is 0 Å². The fraction of sp³-hybridized carbons (Fsp3) is 0.500. The minimum Gasteiger partial charge on any atom is -0.399 e. The van der Waals surface area contributed by atoms with Gasteiger partial charge in [-0.25, -0.2) is 4.68 Å². The summed E-state index contributed by atoms with van der Waals surface area (Å²) in [6, 6.07) is 6.08. The van der Waals surface area contributed by atoms with E-state index in [2.05, 4.69) is 43.2 Å². The first kappa shape index (κ1) is 13.5. The number of aryl methyl sites for hydroxylation is 1. The van der Waals surface area contributed by atoms with Crippen molar-refractivity contribution in [2.45, 2.75) is 40.7 Å². The van der Waals surface area contributed by atoms with Crippen LogP contribution in [0.3, 0.4) is 0 Å². The maximum Gasteiger partial charge on any atom is 0.182 e. The van der Waals surface area contributed by atoms with Crippen molar-refractivity contribution >= 4 is 5.69 Å². The van der Waals surface area contributed by atoms with Crippen LogP contribution in [0.15, 0.2) is 18.2 Å². The summed E-state index contributed by atoms with van der Waals surface area (Å²) >= 11 is 0. The Hall–Kier alpha value is -1.91. The molecule has 2 aromatic rings. The van der Waals surface area contributed by atoms with Crippen LogP contribution in [0.4, 0.5) is 5.69 Å². The van der Waals surface area contributed by atoms with Gasteiger partial charge in [-0.2, -0.15) is 0 Å². The molecule has 0 saturated carbocycles. The van der Waals surface area contributed by atoms with E-state index in [4.69, 9.17) is 5.73 Å². The van der Waals surface area contributed by atoms with E-state index in [1.807, 2.05) is 29.8 Å². The number of nitrogen functional groups attached to an aromatic ring is 1. The van der Waals surface area contributed by atoms with E-state index < -0.39 is 0 Å². The van der Waals surface area contributed by atoms with E-state index in [9.17, 15) is 0 Å². The fourth-order valence-electron chi connectivity index (χ4n) is 1.83. The molecule has 0 bridgehead atoms. The second kappa shape index (κ2) is 4.64. The van der Waals surface area contributed by atoms with Gasteiger partial charge < -0.3 is 5.73 Å². The molecule has 19 heavy (non-hydrogen) atoms. The van der Waals surface area contributed by atoms with Crippen molar-refractivity contribution in [1.82, 2.24) is 20.2 Å². The second-order valence-electron chi connectivity index (χ2n) is 6.06. The second-order valence-corrected chi connectivity index (χ2v) is 6.06. The highest BCUT2D eigenvalue weighted by atomic mass is 15.5. The van der Waals surface area contributed by atoms with Gasteiger partial charge in [0.05, 0.1) is 6.04 Å². The molecule has 102 valence electrons. The van der Waals surface area contributed by atoms with Gasteiger partial charge in [0, 0.05) is 11.3 Å². The van der Waals surface area contributed by atoms with Crippen molar-refractivity contribution < 1.29 is 0 Å². The molecule has 1 unspecified atom stereocenters. The summed E-state index contributed by atoms with van der Waals surface area (Å²) in [6.45, 7) is 10.6. The predicted octanol–water partition coefficient (Wildman–Crippen LogP) is 2.84. The number of tetrazole rings is 1. The Balaban J connectivity index is 2.47. The Labute approximate surface area is 113 Å². The molecule has 0 radical (unpaired) electrons. The average Bonchev–Trinajstić information content (AvgIpc) is 2.79. The zero-order chi connectivity index (χ0) is 14.2. The molecule has 0 amide bonds. The first-order valence-electron chi connectivity index (χ1n) is 6.45. The molecule has 2 rings (SSSR count). The SMILES string of the molecule is Cc1cc(-c2nnnn2C(C)C(C)(C)C)ccc1N. The topological polar surface area (TPSA) is 69.6 Å². The lowest BCUT2D eigenvalue weighted by molar-refractivity contribution is 0.243. The van der Waals surface area contributed by atoms with Gasteiger partial charge in [0.25, 0.3) is 0 Å². The molecule has 5 heteroatoms. The molecule has 0 saturated heterocycles. The van der Waals surface area contributed by atoms with E-state index in [1.54, 1.807) is 0 Å². The van der Waals surface area contributed by atoms with Gasteiger partial charge in [-0.05, 0) is 53.5 Å². The number of benzene rings is 1. The minimum atomic E-state index is 0.0903. The predicted molar refractivity (Wildman–Crippen MR) is 76.6 cm³/mol. The van der Waals surface area contributed by atoms with Gasteiger partial charge in [0.15, 0.2) is 5.82 Å². The molecule has 5 nitrogen and oxygen atoms in total. The summed E-state index contributed by atoms with van der Waals surface area (Å²) in [5, 5.41) is 12.1. The Morgan fingerprint density at radius 3 is 2.53 bits per heavy atom. The maximum absolute atomic E-state index is 5.85. The highest BCUT2D eigenvalue weighted by molar-refractivity contribution is 5.61. The number of hydrogen-bond donors (Lipinski definition) is 1. The van der Waals surface area contributed by atoms with Crippen LogP contribution < -0.4 is 5.73 Å². The normalized spacial score (nSPS) is 13.5. The molecule has 2 N–H and O–H groups in total. The number of nitrogens with zero attached hydrogens (tertiary/aromatic N) is 4. The van der Waals surface area contributed by atoms with Gasteiger partial charge in [0.2, 0.25) is 0 Å². The molecule has 1 aromatic heterocycles. The first-order valence-corrected chi connectivity index (χ1v) is 6.45. The van der Waals surface area contributed by atoms with Crippen molar-refractivity contribution in [2.75, 3.05) is 5.73 Å². The zero-order valence-electron chi connectivity index (χ0n) is 12.2. The average molecular weight is 259 g/mol. The Morgan fingerprint density at radius 1 is 1.26 bits per heavy atom. The maximum atomic E-state index is 5.85. The largest absolute Gasteiger partial charge is 0.399 e. The first-order chi connectivity index (χ1) is 8.80. The van der Waals surface area contributed by atoms with Crippen LogP contribution in [0, 0.1) is 12.3 Å². The summed E-state index contributed by atoms with van der Waals surface area (Å²) in [5.41, 5.74) is 8.76. The van der Waals surface area contributed by atoms with Crippen LogP contribution in [0.2, 0.25) is 0 Å². The summed E-state index contributed by atoms with van der Waals surface area (Å²) < 4.78 is 1.88. The van der Waals surface area contributed by atoms with E-state index in [1.165, 1.54) is 0 Å². The third kappa shape index (κ3) is 2.59. The third-order valence-corrected chi connectivity index (χ3v) is 3.64. The lowest BCUT2D eigenvalue weighted by atomic mass is 9.88. The number of aromatic nitrogens is 4. The molecule has 0 aliphatic rings. The van der Waals surface area contributed by atoms with Crippen LogP contribution in [-0.4, -0.2) is 20.2 Å². The standard InChI is InChI=1S/C14H21N5/c1-9-8-11(6-7-12(9)15)13-16-17-18-19(13)10(2)14(3,4)5/h6-8,10H,15H2,1-5H3. The highest BCUT2D eigenvalue weighted by Crippen LogP contribution is 2.32. The highest BCUT2D eigenvalue weighted by Gasteiger charge is 2.25. The van der Waals surface area contributed by atoms with E-state index in [-0.39, 0.29) is 11.5 Å². The molecular formula is C14H21N5. The summed E-state index contributed by atoms with van der Waals surface area (Å²) in [4.78, 5) is 0. The van der Waals surface area contributed by atoms with Crippen molar-refractivity contribution in [3.8, 4) is 11.4 Å². The molecule has 0 fully saturated rings. The lowest BCUT2D eigenvalue weighted by Gasteiger charge is -2.27. The third-order valence-electron chi connectivity index (χ3n) is 3.64. The Morgan fingerprint density at radius 2 is 1.95 bits per heavy atom. The number of rotatable bonds is 2. The lowest BCUT2D eigenvalue weighted by Crippen LogP contribution is -2.23. The van der Waals surface area contributed by atoms with E-state index in [0.717, 1.165) is 22.6 Å². The van der Waals surface area contributed by atoms with Crippen molar-refractivity contribution in [3.05, 3.63) is 23.8 Å². The molecule has 0 aliphatic carbocycles. The number of anilines is 1. The smallest absolute Gasteiger partial charge is 0.182 e. The summed E-state index contributed by atoms with van der Waals surface area (Å²) in [7, 11) is 0. The van der Waals surface area contributed by atoms with Crippen LogP contribution in [0.1, 0.15) is 39.3 Å². The quantitative estimate of drug-likeness (QED) is 0.842. The van der Waals surface area contributed by atoms with Gasteiger partial charge in [0.1, 0.15) is 0 Å².